The number of nitrogens with two attached hydrogens (primary N) is 3. The van der Waals surface area contributed by atoms with Crippen LogP contribution in [0.25, 0.3) is 0 Å². The summed E-state index contributed by atoms with van der Waals surface area (Å²) >= 11 is 3.20. The zero-order valence-corrected chi connectivity index (χ0v) is 63.4. The van der Waals surface area contributed by atoms with E-state index in [4.69, 9.17) is 17.2 Å². The summed E-state index contributed by atoms with van der Waals surface area (Å²) in [5.74, 6) is 2.26. The van der Waals surface area contributed by atoms with E-state index in [1.165, 1.54) is 55.7 Å². The molecule has 0 bridgehead atoms. The summed E-state index contributed by atoms with van der Waals surface area (Å²) < 4.78 is 6.33. The average molecular weight is 1510 g/mol. The Balaban J connectivity index is 0.000000181. The number of hydrogen-bond donors (Lipinski definition) is 12. The van der Waals surface area contributed by atoms with E-state index in [2.05, 4.69) is 104 Å². The molecule has 14 rings (SSSR count). The number of halogens is 2. The second-order valence-corrected chi connectivity index (χ2v) is 26.9. The van der Waals surface area contributed by atoms with Crippen LogP contribution in [0.4, 0.5) is 63.6 Å². The largest absolute Gasteiger partial charge is 1.00 e. The van der Waals surface area contributed by atoms with Gasteiger partial charge in [-0.15, -0.1) is 12.4 Å². The molecule has 102 heavy (non-hydrogen) atoms. The van der Waals surface area contributed by atoms with Gasteiger partial charge in [0.25, 0.3) is 45.9 Å². The predicted octanol–water partition coefficient (Wildman–Crippen LogP) is 1.90. The Labute approximate surface area is 639 Å². The van der Waals surface area contributed by atoms with E-state index in [0.29, 0.717) is 108 Å². The van der Waals surface area contributed by atoms with Gasteiger partial charge in [-0.3, -0.25) is 66.2 Å². The number of amides is 6. The normalized spacial score (nSPS) is 15.7. The van der Waals surface area contributed by atoms with Crippen LogP contribution in [0.2, 0.25) is 0 Å². The van der Waals surface area contributed by atoms with Gasteiger partial charge in [-0.05, 0) is 171 Å². The summed E-state index contributed by atoms with van der Waals surface area (Å²) in [6, 6.07) is 12.7. The van der Waals surface area contributed by atoms with Gasteiger partial charge < -0.3 is 70.5 Å². The van der Waals surface area contributed by atoms with Crippen molar-refractivity contribution in [1.29, 1.82) is 0 Å². The molecule has 2 fully saturated rings. The molecule has 8 aromatic rings. The second-order valence-electron chi connectivity index (χ2n) is 26.1. The van der Waals surface area contributed by atoms with Gasteiger partial charge in [-0.2, -0.15) is 0 Å². The number of pyridine rings is 4. The van der Waals surface area contributed by atoms with Gasteiger partial charge in [0.1, 0.15) is 134 Å². The summed E-state index contributed by atoms with van der Waals surface area (Å²) in [6.45, 7) is 21.4. The Morgan fingerprint density at radius 2 is 0.657 bits per heavy atom. The number of aromatic nitrogens is 12. The molecule has 0 unspecified atom stereocenters. The monoisotopic (exact) mass is 1510 g/mol. The van der Waals surface area contributed by atoms with Crippen LogP contribution in [0.1, 0.15) is 145 Å². The fourth-order valence-corrected chi connectivity index (χ4v) is 11.9. The summed E-state index contributed by atoms with van der Waals surface area (Å²) in [6.07, 6.45) is 9.02. The topological polar surface area (TPSA) is 510 Å². The molecule has 2 aliphatic carbocycles. The number of rotatable bonds is 10. The number of nitrogens with one attached hydrogen (secondary N) is 9. The van der Waals surface area contributed by atoms with Crippen molar-refractivity contribution in [1.82, 2.24) is 79.4 Å². The number of anilines is 11. The number of aryl methyl sites for hydroxylation is 4. The molecule has 6 aliphatic rings. The van der Waals surface area contributed by atoms with Gasteiger partial charge in [0, 0.05) is 36.1 Å². The van der Waals surface area contributed by atoms with E-state index < -0.39 is 22.7 Å². The number of carbonyl (C=O) groups is 6. The zero-order chi connectivity index (χ0) is 72.1. The van der Waals surface area contributed by atoms with Crippen molar-refractivity contribution in [3.8, 4) is 0 Å². The standard InChI is InChI=1S/C18H20N6O3.2C14H16N6O2.C10H11BrN2O2.C8H10N4O.ClH.K.H2O/c1-9-6-11(17(27)24-14(9)16(26)23-18(24,2)3)21-12-7-13(20-8-19-12)22-15(25)10-4-5-10;2*1-7-4-8(18-10-5-9(15)16-6-17-10)13(22)20-11(7)12(21)19-14(20,2)3;1-5-4-6(11)9(15)13-7(5)8(14)12-10(13,2)3;9-6-3-7(11-4-10-6)12-8(13)5-1-2-5;;;/h6-8,10H,4-5H2,1-3H3,(H,23,26)(H2,19,20,21,22,25);2*4-6H,1-3H3,(H,19,21)(H3,15,16,17,18);4H,1-3H3,(H,12,14);3-5H,1-2H2,(H3,9,10,11,12,13);1H;;1H2/q;;;;;;+1;/p-1. The quantitative estimate of drug-likeness (QED) is 0.0870. The van der Waals surface area contributed by atoms with E-state index in [0.717, 1.165) is 31.2 Å². The fraction of sp³-hybridized carbons (Fsp3) is 0.344. The summed E-state index contributed by atoms with van der Waals surface area (Å²) in [5.41, 5.74) is 17.8. The van der Waals surface area contributed by atoms with Gasteiger partial charge in [-0.25, -0.2) is 39.9 Å². The zero-order valence-electron chi connectivity index (χ0n) is 57.8. The van der Waals surface area contributed by atoms with Gasteiger partial charge in [0.2, 0.25) is 11.8 Å². The van der Waals surface area contributed by atoms with Crippen molar-refractivity contribution in [2.45, 2.75) is 131 Å². The third kappa shape index (κ3) is 17.2. The van der Waals surface area contributed by atoms with Crippen molar-refractivity contribution < 1.29 is 85.6 Å². The first kappa shape index (κ1) is 79.4. The van der Waals surface area contributed by atoms with Gasteiger partial charge in [0.15, 0.2) is 0 Å². The van der Waals surface area contributed by atoms with Crippen LogP contribution in [-0.4, -0.2) is 99.1 Å². The molecule has 8 aromatic heterocycles. The SMILES string of the molecule is Cc1cc(Br)c(=O)n2c1C(=O)NC2(C)C.Cc1cc(Nc2cc(N)ncn2)c(=O)n2c1C(=O)NC2(C)C.Cc1cc(Nc2cc(N)ncn2)c(=O)n2c1C(=O)NC2(C)C.Cc1cc(Nc2cc(NC(=O)C3CC3)ncn2)c(=O)n2c1C(=O)NC2(C)C.Cl.Nc1cc(NC(=O)C2CC2)ncn1.[K+].[OH-]. The molecule has 0 atom stereocenters. The summed E-state index contributed by atoms with van der Waals surface area (Å²) in [7, 11) is 0. The first-order chi connectivity index (χ1) is 46.4. The first-order valence-corrected chi connectivity index (χ1v) is 31.8. The minimum atomic E-state index is -0.818. The molecule has 0 radical (unpaired) electrons. The summed E-state index contributed by atoms with van der Waals surface area (Å²) in [4.78, 5) is 153. The Morgan fingerprint density at radius 3 is 0.951 bits per heavy atom. The van der Waals surface area contributed by atoms with Crippen LogP contribution in [-0.2, 0) is 32.2 Å². The van der Waals surface area contributed by atoms with Crippen molar-refractivity contribution >= 4 is 127 Å². The Hall–Kier alpha value is -9.89. The van der Waals surface area contributed by atoms with Crippen molar-refractivity contribution in [3.05, 3.63) is 165 Å². The van der Waals surface area contributed by atoms with Crippen LogP contribution in [0.15, 0.2) is 97.5 Å². The molecule has 0 spiro atoms. The van der Waals surface area contributed by atoms with Crippen LogP contribution >= 0.6 is 28.3 Å². The van der Waals surface area contributed by atoms with E-state index in [-0.39, 0.29) is 139 Å². The third-order valence-corrected chi connectivity index (χ3v) is 16.8. The maximum atomic E-state index is 12.9. The minimum absolute atomic E-state index is 0. The Bertz CT molecular complexity index is 4810. The van der Waals surface area contributed by atoms with Gasteiger partial charge in [0.05, 0.1) is 4.47 Å². The fourth-order valence-electron chi connectivity index (χ4n) is 11.4. The maximum Gasteiger partial charge on any atom is 1.00 e. The molecule has 0 saturated heterocycles. The predicted molar refractivity (Wildman–Crippen MR) is 380 cm³/mol. The molecule has 16 N–H and O–H groups in total. The number of nitrogens with zero attached hydrogens (tertiary/aromatic N) is 12. The molecule has 6 amide bonds. The molecule has 35 nitrogen and oxygen atoms in total. The molecule has 0 aromatic carbocycles. The number of nitrogen functional groups attached to an aromatic ring is 3. The van der Waals surface area contributed by atoms with Crippen molar-refractivity contribution in [2.75, 3.05) is 43.8 Å². The molecule has 2 saturated carbocycles. The summed E-state index contributed by atoms with van der Waals surface area (Å²) in [5, 5.41) is 25.4. The van der Waals surface area contributed by atoms with Crippen molar-refractivity contribution in [2.24, 2.45) is 11.8 Å². The van der Waals surface area contributed by atoms with Crippen LogP contribution in [0.3, 0.4) is 0 Å². The molecule has 532 valence electrons. The number of hydrogen-bond acceptors (Lipinski definition) is 25. The Morgan fingerprint density at radius 1 is 0.412 bits per heavy atom. The maximum absolute atomic E-state index is 12.9. The molecule has 38 heteroatoms. The smallest absolute Gasteiger partial charge is 0.870 e. The van der Waals surface area contributed by atoms with E-state index in [1.54, 1.807) is 113 Å². The minimum Gasteiger partial charge on any atom is -0.870 e. The van der Waals surface area contributed by atoms with Crippen molar-refractivity contribution in [3.63, 3.8) is 0 Å². The third-order valence-electron chi connectivity index (χ3n) is 16.2. The van der Waals surface area contributed by atoms with Gasteiger partial charge in [-0.1, -0.05) is 0 Å². The van der Waals surface area contributed by atoms with Crippen LogP contribution in [0.5, 0.6) is 0 Å². The van der Waals surface area contributed by atoms with Gasteiger partial charge >= 0.3 is 51.4 Å². The molecule has 4 aliphatic heterocycles. The van der Waals surface area contributed by atoms with E-state index in [1.807, 2.05) is 6.92 Å². The molecule has 12 heterocycles. The Kier molecular flexibility index (Phi) is 23.9. The van der Waals surface area contributed by atoms with Crippen LogP contribution < -0.4 is 139 Å². The molecular formula is C64H75BrClKN24O11. The first-order valence-electron chi connectivity index (χ1n) is 31.0. The average Bonchev–Trinajstić information content (AvgIpc) is 1.56. The molecular weight excluding hydrogens is 1440 g/mol. The number of fused-ring (bicyclic) bond motifs is 4. The second kappa shape index (κ2) is 30.7. The van der Waals surface area contributed by atoms with E-state index in [9.17, 15) is 47.9 Å². The number of carbonyl (C=O) groups excluding carboxylic acids is 6. The van der Waals surface area contributed by atoms with E-state index >= 15 is 0 Å². The van der Waals surface area contributed by atoms with Crippen LogP contribution in [0, 0.1) is 39.5 Å².